The molecular weight excluding hydrogens is 204 g/mol. The van der Waals surface area contributed by atoms with Crippen LogP contribution in [0.1, 0.15) is 25.7 Å². The van der Waals surface area contributed by atoms with Crippen LogP contribution in [0.15, 0.2) is 0 Å². The molecule has 0 heterocycles. The molecule has 0 atom stereocenters. The van der Waals surface area contributed by atoms with Gasteiger partial charge in [-0.05, 0) is 25.7 Å². The molecule has 0 amide bonds. The van der Waals surface area contributed by atoms with Crippen molar-refractivity contribution in [2.24, 2.45) is 5.73 Å². The van der Waals surface area contributed by atoms with E-state index in [9.17, 15) is 9.59 Å². The number of rotatable bonds is 2. The number of hydrogen-bond acceptors (Lipinski definition) is 5. The van der Waals surface area contributed by atoms with Crippen LogP contribution >= 0.6 is 0 Å². The molecule has 15 heavy (non-hydrogen) atoms. The third-order valence-electron chi connectivity index (χ3n) is 2.34. The zero-order valence-electron chi connectivity index (χ0n) is 8.27. The maximum absolute atomic E-state index is 9.96. The largest absolute Gasteiger partial charge is 0.480 e. The molecule has 2 aliphatic carbocycles. The first-order chi connectivity index (χ1) is 6.30. The highest BCUT2D eigenvalue weighted by Gasteiger charge is 2.48. The zero-order valence-corrected chi connectivity index (χ0v) is 8.27. The average Bonchev–Trinajstić information content (AvgIpc) is 2.93. The lowest BCUT2D eigenvalue weighted by molar-refractivity contribution is -0.149. The molecule has 0 aliphatic heterocycles. The van der Waals surface area contributed by atoms with Gasteiger partial charge in [-0.15, -0.1) is 0 Å². The highest BCUT2D eigenvalue weighted by atomic mass is 16.4. The van der Waals surface area contributed by atoms with Crippen LogP contribution in [-0.2, 0) is 9.59 Å². The Kier molecular flexibility index (Phi) is 3.81. The van der Waals surface area contributed by atoms with Crippen LogP contribution in [0.3, 0.4) is 0 Å². The summed E-state index contributed by atoms with van der Waals surface area (Å²) in [4.78, 5) is 19.8. The minimum atomic E-state index is -1.33. The van der Waals surface area contributed by atoms with E-state index in [4.69, 9.17) is 21.1 Å². The van der Waals surface area contributed by atoms with Gasteiger partial charge in [0.15, 0.2) is 5.60 Å². The highest BCUT2D eigenvalue weighted by molar-refractivity contribution is 5.81. The number of carboxylic acid groups (broad SMARTS) is 2. The van der Waals surface area contributed by atoms with Crippen molar-refractivity contribution in [1.29, 1.82) is 0 Å². The molecule has 0 aromatic heterocycles. The van der Waals surface area contributed by atoms with Gasteiger partial charge in [-0.2, -0.15) is 0 Å². The van der Waals surface area contributed by atoms with Gasteiger partial charge >= 0.3 is 11.9 Å². The maximum Gasteiger partial charge on any atom is 0.335 e. The lowest BCUT2D eigenvalue weighted by Gasteiger charge is -1.95. The van der Waals surface area contributed by atoms with Crippen LogP contribution in [0.25, 0.3) is 0 Å². The molecule has 0 unspecified atom stereocenters. The monoisotopic (exact) mass is 220 g/mol. The normalized spacial score (nSPS) is 22.5. The van der Waals surface area contributed by atoms with Gasteiger partial charge in [-0.25, -0.2) is 4.79 Å². The SMILES string of the molecule is N.NC1(C(=O)O)CC1.O=C(O)C1(O)CC1. The van der Waals surface area contributed by atoms with Crippen molar-refractivity contribution in [2.75, 3.05) is 0 Å². The summed E-state index contributed by atoms with van der Waals surface area (Å²) in [5.74, 6) is -1.96. The molecule has 7 heteroatoms. The molecule has 0 spiro atoms. The van der Waals surface area contributed by atoms with Crippen LogP contribution in [0, 0.1) is 0 Å². The Bertz CT molecular complexity index is 242. The van der Waals surface area contributed by atoms with E-state index < -0.39 is 23.1 Å². The van der Waals surface area contributed by atoms with Crippen molar-refractivity contribution in [3.05, 3.63) is 0 Å². The third-order valence-corrected chi connectivity index (χ3v) is 2.34. The fraction of sp³-hybridized carbons (Fsp3) is 0.750. The van der Waals surface area contributed by atoms with E-state index in [1.165, 1.54) is 0 Å². The van der Waals surface area contributed by atoms with Crippen LogP contribution in [0.4, 0.5) is 0 Å². The van der Waals surface area contributed by atoms with Crippen LogP contribution in [-0.4, -0.2) is 38.4 Å². The summed E-state index contributed by atoms with van der Waals surface area (Å²) in [5.41, 5.74) is 3.02. The van der Waals surface area contributed by atoms with E-state index in [0.29, 0.717) is 25.7 Å². The van der Waals surface area contributed by atoms with Crippen LogP contribution < -0.4 is 11.9 Å². The van der Waals surface area contributed by atoms with Crippen LogP contribution in [0.2, 0.25) is 0 Å². The molecule has 2 fully saturated rings. The van der Waals surface area contributed by atoms with Crippen LogP contribution in [0.5, 0.6) is 0 Å². The van der Waals surface area contributed by atoms with Crippen molar-refractivity contribution in [2.45, 2.75) is 36.8 Å². The quantitative estimate of drug-likeness (QED) is 0.412. The van der Waals surface area contributed by atoms with E-state index in [1.54, 1.807) is 0 Å². The fourth-order valence-corrected chi connectivity index (χ4v) is 0.681. The second-order valence-electron chi connectivity index (χ2n) is 3.80. The first kappa shape index (κ1) is 13.8. The minimum absolute atomic E-state index is 0. The number of nitrogens with two attached hydrogens (primary N) is 1. The van der Waals surface area contributed by atoms with Gasteiger partial charge in [0.2, 0.25) is 0 Å². The van der Waals surface area contributed by atoms with E-state index in [-0.39, 0.29) is 6.15 Å². The van der Waals surface area contributed by atoms with Gasteiger partial charge < -0.3 is 27.2 Å². The van der Waals surface area contributed by atoms with Gasteiger partial charge in [-0.3, -0.25) is 4.79 Å². The standard InChI is InChI=1S/C4H7NO2.C4H6O3.H3N/c5-4(1-2-4)3(6)7;5-3(6)4(7)1-2-4;/h1-2,5H2,(H,6,7);7H,1-2H2,(H,5,6);1H3. The van der Waals surface area contributed by atoms with Crippen molar-refractivity contribution in [1.82, 2.24) is 6.15 Å². The lowest BCUT2D eigenvalue weighted by Crippen LogP contribution is -2.31. The van der Waals surface area contributed by atoms with Crippen molar-refractivity contribution < 1.29 is 24.9 Å². The molecule has 7 nitrogen and oxygen atoms in total. The Morgan fingerprint density at radius 2 is 1.40 bits per heavy atom. The van der Waals surface area contributed by atoms with E-state index in [2.05, 4.69) is 0 Å². The van der Waals surface area contributed by atoms with E-state index >= 15 is 0 Å². The van der Waals surface area contributed by atoms with Crippen molar-refractivity contribution in [3.8, 4) is 0 Å². The van der Waals surface area contributed by atoms with E-state index in [1.807, 2.05) is 0 Å². The fourth-order valence-electron chi connectivity index (χ4n) is 0.681. The lowest BCUT2D eigenvalue weighted by atomic mass is 10.3. The van der Waals surface area contributed by atoms with Crippen molar-refractivity contribution >= 4 is 11.9 Å². The Morgan fingerprint density at radius 1 is 1.00 bits per heavy atom. The molecule has 2 rings (SSSR count). The number of carbonyl (C=O) groups is 2. The Morgan fingerprint density at radius 3 is 1.40 bits per heavy atom. The molecule has 8 N–H and O–H groups in total. The van der Waals surface area contributed by atoms with Gasteiger partial charge in [-0.1, -0.05) is 0 Å². The second kappa shape index (κ2) is 4.13. The van der Waals surface area contributed by atoms with Gasteiger partial charge in [0.1, 0.15) is 5.54 Å². The predicted molar refractivity (Wildman–Crippen MR) is 50.6 cm³/mol. The molecular formula is C8H16N2O5. The zero-order chi connectivity index (χ0) is 11.0. The first-order valence-electron chi connectivity index (χ1n) is 4.28. The molecule has 0 bridgehead atoms. The number of hydrogen-bond donors (Lipinski definition) is 5. The Balaban J connectivity index is 0.000000245. The number of aliphatic carboxylic acids is 2. The van der Waals surface area contributed by atoms with E-state index in [0.717, 1.165) is 0 Å². The predicted octanol–water partition coefficient (Wildman–Crippen LogP) is -0.680. The Labute approximate surface area is 86.5 Å². The van der Waals surface area contributed by atoms with Crippen molar-refractivity contribution in [3.63, 3.8) is 0 Å². The maximum atomic E-state index is 9.96. The highest BCUT2D eigenvalue weighted by Crippen LogP contribution is 2.34. The van der Waals surface area contributed by atoms with Gasteiger partial charge in [0, 0.05) is 0 Å². The smallest absolute Gasteiger partial charge is 0.335 e. The second-order valence-corrected chi connectivity index (χ2v) is 3.80. The minimum Gasteiger partial charge on any atom is -0.480 e. The summed E-state index contributed by atoms with van der Waals surface area (Å²) >= 11 is 0. The summed E-state index contributed by atoms with van der Waals surface area (Å²) in [5, 5.41) is 24.9. The Hall–Kier alpha value is -1.18. The molecule has 88 valence electrons. The summed E-state index contributed by atoms with van der Waals surface area (Å²) in [6, 6.07) is 0. The number of aliphatic hydroxyl groups is 1. The first-order valence-corrected chi connectivity index (χ1v) is 4.28. The van der Waals surface area contributed by atoms with Gasteiger partial charge in [0.05, 0.1) is 0 Å². The third kappa shape index (κ3) is 3.46. The molecule has 0 radical (unpaired) electrons. The molecule has 2 aliphatic rings. The summed E-state index contributed by atoms with van der Waals surface area (Å²) in [6.45, 7) is 0. The molecule has 0 saturated heterocycles. The average molecular weight is 220 g/mol. The number of carboxylic acids is 2. The summed E-state index contributed by atoms with van der Waals surface area (Å²) < 4.78 is 0. The summed E-state index contributed by atoms with van der Waals surface area (Å²) in [6.07, 6.45) is 2.12. The molecule has 0 aromatic rings. The topological polar surface area (TPSA) is 156 Å². The summed E-state index contributed by atoms with van der Waals surface area (Å²) in [7, 11) is 0. The molecule has 2 saturated carbocycles. The van der Waals surface area contributed by atoms with Gasteiger partial charge in [0.25, 0.3) is 0 Å². The molecule has 0 aromatic carbocycles.